The predicted molar refractivity (Wildman–Crippen MR) is 64.6 cm³/mol. The Bertz CT molecular complexity index is 500. The minimum absolute atomic E-state index is 0.186. The van der Waals surface area contributed by atoms with E-state index < -0.39 is 0 Å². The Morgan fingerprint density at radius 3 is 2.65 bits per heavy atom. The fourth-order valence-electron chi connectivity index (χ4n) is 1.45. The zero-order valence-electron chi connectivity index (χ0n) is 9.34. The first-order valence-electron chi connectivity index (χ1n) is 5.34. The molecule has 0 aliphatic carbocycles. The Balaban J connectivity index is 2.02. The lowest BCUT2D eigenvalue weighted by molar-refractivity contribution is 0.299. The fraction of sp³-hybridized carbons (Fsp3) is 0.154. The number of nitrogens with two attached hydrogens (primary N) is 1. The van der Waals surface area contributed by atoms with Gasteiger partial charge in [0, 0.05) is 12.6 Å². The Morgan fingerprint density at radius 2 is 1.88 bits per heavy atom. The summed E-state index contributed by atoms with van der Waals surface area (Å²) in [5, 5.41) is 9.28. The number of ether oxygens (including phenoxy) is 1. The maximum Gasteiger partial charge on any atom is 0.130 e. The number of aromatic hydroxyl groups is 1. The van der Waals surface area contributed by atoms with Gasteiger partial charge in [0.15, 0.2) is 0 Å². The highest BCUT2D eigenvalue weighted by molar-refractivity contribution is 5.31. The SMILES string of the molecule is NCc1cccc(COc2cccc(O)c2)n1. The van der Waals surface area contributed by atoms with E-state index in [1.807, 2.05) is 18.2 Å². The molecule has 0 fully saturated rings. The van der Waals surface area contributed by atoms with E-state index in [-0.39, 0.29) is 5.75 Å². The second kappa shape index (κ2) is 5.32. The maximum atomic E-state index is 9.28. The Morgan fingerprint density at radius 1 is 1.12 bits per heavy atom. The van der Waals surface area contributed by atoms with Crippen LogP contribution in [0.5, 0.6) is 11.5 Å². The van der Waals surface area contributed by atoms with Crippen molar-refractivity contribution in [2.45, 2.75) is 13.2 Å². The van der Waals surface area contributed by atoms with E-state index in [4.69, 9.17) is 10.5 Å². The van der Waals surface area contributed by atoms with Crippen LogP contribution in [-0.2, 0) is 13.2 Å². The van der Waals surface area contributed by atoms with Gasteiger partial charge in [-0.1, -0.05) is 12.1 Å². The summed E-state index contributed by atoms with van der Waals surface area (Å²) < 4.78 is 5.51. The van der Waals surface area contributed by atoms with Crippen molar-refractivity contribution in [3.63, 3.8) is 0 Å². The van der Waals surface area contributed by atoms with Crippen molar-refractivity contribution in [1.29, 1.82) is 0 Å². The van der Waals surface area contributed by atoms with Crippen LogP contribution in [0.25, 0.3) is 0 Å². The Hall–Kier alpha value is -2.07. The molecular formula is C13H14N2O2. The highest BCUT2D eigenvalue weighted by atomic mass is 16.5. The summed E-state index contributed by atoms with van der Waals surface area (Å²) in [4.78, 5) is 4.32. The first-order valence-corrected chi connectivity index (χ1v) is 5.34. The van der Waals surface area contributed by atoms with Gasteiger partial charge in [0.25, 0.3) is 0 Å². The number of phenolic OH excluding ortho intramolecular Hbond substituents is 1. The van der Waals surface area contributed by atoms with Gasteiger partial charge in [-0.3, -0.25) is 4.98 Å². The van der Waals surface area contributed by atoms with Crippen molar-refractivity contribution in [2.75, 3.05) is 0 Å². The molecule has 4 nitrogen and oxygen atoms in total. The number of nitrogens with zero attached hydrogens (tertiary/aromatic N) is 1. The van der Waals surface area contributed by atoms with Crippen molar-refractivity contribution in [3.05, 3.63) is 53.9 Å². The number of pyridine rings is 1. The number of aromatic nitrogens is 1. The van der Waals surface area contributed by atoms with E-state index in [9.17, 15) is 5.11 Å². The molecule has 17 heavy (non-hydrogen) atoms. The monoisotopic (exact) mass is 230 g/mol. The zero-order chi connectivity index (χ0) is 12.1. The lowest BCUT2D eigenvalue weighted by Crippen LogP contribution is -2.04. The average Bonchev–Trinajstić information content (AvgIpc) is 2.37. The molecule has 0 amide bonds. The predicted octanol–water partition coefficient (Wildman–Crippen LogP) is 1.82. The first-order chi connectivity index (χ1) is 8.28. The van der Waals surface area contributed by atoms with Gasteiger partial charge in [-0.15, -0.1) is 0 Å². The number of hydrogen-bond donors (Lipinski definition) is 2. The molecule has 4 heteroatoms. The summed E-state index contributed by atoms with van der Waals surface area (Å²) in [7, 11) is 0. The standard InChI is InChI=1S/C13H14N2O2/c14-8-10-3-1-4-11(15-10)9-17-13-6-2-5-12(16)7-13/h1-7,16H,8-9,14H2. The van der Waals surface area contributed by atoms with Gasteiger partial charge < -0.3 is 15.6 Å². The molecule has 1 heterocycles. The van der Waals surface area contributed by atoms with Crippen molar-refractivity contribution >= 4 is 0 Å². The minimum atomic E-state index is 0.186. The normalized spacial score (nSPS) is 10.2. The summed E-state index contributed by atoms with van der Waals surface area (Å²) in [5.74, 6) is 0.802. The number of rotatable bonds is 4. The smallest absolute Gasteiger partial charge is 0.130 e. The van der Waals surface area contributed by atoms with Crippen molar-refractivity contribution in [1.82, 2.24) is 4.98 Å². The molecule has 2 rings (SSSR count). The molecule has 1 aromatic carbocycles. The van der Waals surface area contributed by atoms with Gasteiger partial charge in [-0.2, -0.15) is 0 Å². The fourth-order valence-corrected chi connectivity index (χ4v) is 1.45. The van der Waals surface area contributed by atoms with Crippen LogP contribution in [0.2, 0.25) is 0 Å². The van der Waals surface area contributed by atoms with E-state index in [1.54, 1.807) is 24.3 Å². The maximum absolute atomic E-state index is 9.28. The molecule has 0 atom stereocenters. The molecule has 0 spiro atoms. The molecule has 0 saturated heterocycles. The Labute approximate surface area is 99.7 Å². The van der Waals surface area contributed by atoms with Gasteiger partial charge in [0.1, 0.15) is 18.1 Å². The zero-order valence-corrected chi connectivity index (χ0v) is 9.34. The molecule has 88 valence electrons. The summed E-state index contributed by atoms with van der Waals surface area (Å²) in [6, 6.07) is 12.3. The summed E-state index contributed by atoms with van der Waals surface area (Å²) in [6.45, 7) is 0.775. The van der Waals surface area contributed by atoms with Gasteiger partial charge >= 0.3 is 0 Å². The molecular weight excluding hydrogens is 216 g/mol. The largest absolute Gasteiger partial charge is 0.508 e. The van der Waals surface area contributed by atoms with E-state index in [2.05, 4.69) is 4.98 Å². The van der Waals surface area contributed by atoms with Crippen molar-refractivity contribution in [2.24, 2.45) is 5.73 Å². The quantitative estimate of drug-likeness (QED) is 0.840. The van der Waals surface area contributed by atoms with Gasteiger partial charge in [0.05, 0.1) is 11.4 Å². The van der Waals surface area contributed by atoms with Crippen LogP contribution in [0, 0.1) is 0 Å². The number of benzene rings is 1. The van der Waals surface area contributed by atoms with Gasteiger partial charge in [0.2, 0.25) is 0 Å². The lowest BCUT2D eigenvalue weighted by atomic mass is 10.3. The van der Waals surface area contributed by atoms with Gasteiger partial charge in [-0.05, 0) is 24.3 Å². The van der Waals surface area contributed by atoms with Crippen LogP contribution in [-0.4, -0.2) is 10.1 Å². The van der Waals surface area contributed by atoms with Crippen LogP contribution in [0.3, 0.4) is 0 Å². The second-order valence-corrected chi connectivity index (χ2v) is 3.61. The molecule has 3 N–H and O–H groups in total. The summed E-state index contributed by atoms with van der Waals surface area (Å²) in [6.07, 6.45) is 0. The average molecular weight is 230 g/mol. The van der Waals surface area contributed by atoms with Crippen LogP contribution < -0.4 is 10.5 Å². The number of hydrogen-bond acceptors (Lipinski definition) is 4. The minimum Gasteiger partial charge on any atom is -0.508 e. The molecule has 0 aliphatic heterocycles. The lowest BCUT2D eigenvalue weighted by Gasteiger charge is -2.06. The summed E-state index contributed by atoms with van der Waals surface area (Å²) >= 11 is 0. The van der Waals surface area contributed by atoms with Crippen LogP contribution in [0.15, 0.2) is 42.5 Å². The molecule has 0 saturated carbocycles. The van der Waals surface area contributed by atoms with Crippen LogP contribution in [0.4, 0.5) is 0 Å². The molecule has 0 unspecified atom stereocenters. The molecule has 0 radical (unpaired) electrons. The van der Waals surface area contributed by atoms with Crippen molar-refractivity contribution < 1.29 is 9.84 Å². The first kappa shape index (κ1) is 11.4. The van der Waals surface area contributed by atoms with E-state index in [0.717, 1.165) is 11.4 Å². The third-order valence-electron chi connectivity index (χ3n) is 2.28. The highest BCUT2D eigenvalue weighted by Gasteiger charge is 1.99. The van der Waals surface area contributed by atoms with Gasteiger partial charge in [-0.25, -0.2) is 0 Å². The topological polar surface area (TPSA) is 68.4 Å². The molecule has 0 aliphatic rings. The third kappa shape index (κ3) is 3.19. The van der Waals surface area contributed by atoms with Crippen LogP contribution in [0.1, 0.15) is 11.4 Å². The van der Waals surface area contributed by atoms with E-state index >= 15 is 0 Å². The van der Waals surface area contributed by atoms with Crippen LogP contribution >= 0.6 is 0 Å². The van der Waals surface area contributed by atoms with E-state index in [0.29, 0.717) is 18.9 Å². The highest BCUT2D eigenvalue weighted by Crippen LogP contribution is 2.18. The molecule has 0 bridgehead atoms. The van der Waals surface area contributed by atoms with Crippen molar-refractivity contribution in [3.8, 4) is 11.5 Å². The molecule has 2 aromatic rings. The molecule has 1 aromatic heterocycles. The van der Waals surface area contributed by atoms with E-state index in [1.165, 1.54) is 0 Å². The third-order valence-corrected chi connectivity index (χ3v) is 2.28. The Kier molecular flexibility index (Phi) is 3.57. The summed E-state index contributed by atoms with van der Waals surface area (Å²) in [5.41, 5.74) is 7.16. The second-order valence-electron chi connectivity index (χ2n) is 3.61. The number of phenols is 1.